The lowest BCUT2D eigenvalue weighted by Gasteiger charge is -2.46. The number of benzene rings is 2. The van der Waals surface area contributed by atoms with E-state index < -0.39 is 33.2 Å². The Morgan fingerprint density at radius 3 is 2.37 bits per heavy atom. The number of halogens is 1. The van der Waals surface area contributed by atoms with Crippen molar-refractivity contribution in [2.24, 2.45) is 0 Å². The SMILES string of the molecule is CCS(=O)(=O)N1CC(=O)N(c2ccc(F)cc2)C(C)(C(=O)NCc2ccccc2)C1. The van der Waals surface area contributed by atoms with E-state index in [4.69, 9.17) is 0 Å². The largest absolute Gasteiger partial charge is 0.350 e. The highest BCUT2D eigenvalue weighted by Crippen LogP contribution is 2.31. The van der Waals surface area contributed by atoms with Gasteiger partial charge in [-0.25, -0.2) is 12.8 Å². The Morgan fingerprint density at radius 1 is 1.13 bits per heavy atom. The molecule has 7 nitrogen and oxygen atoms in total. The Bertz CT molecular complexity index is 1030. The summed E-state index contributed by atoms with van der Waals surface area (Å²) in [7, 11) is -3.69. The maximum absolute atomic E-state index is 13.4. The van der Waals surface area contributed by atoms with Gasteiger partial charge >= 0.3 is 0 Å². The molecule has 1 saturated heterocycles. The molecule has 1 unspecified atom stereocenters. The first-order chi connectivity index (χ1) is 14.2. The molecule has 30 heavy (non-hydrogen) atoms. The van der Waals surface area contributed by atoms with Crippen LogP contribution in [0.5, 0.6) is 0 Å². The van der Waals surface area contributed by atoms with Crippen molar-refractivity contribution < 1.29 is 22.4 Å². The van der Waals surface area contributed by atoms with Crippen LogP contribution in [0.1, 0.15) is 19.4 Å². The molecule has 1 aliphatic rings. The lowest BCUT2D eigenvalue weighted by molar-refractivity contribution is -0.133. The zero-order valence-electron chi connectivity index (χ0n) is 16.8. The molecule has 0 radical (unpaired) electrons. The van der Waals surface area contributed by atoms with Gasteiger partial charge in [0, 0.05) is 18.8 Å². The number of nitrogens with one attached hydrogen (secondary N) is 1. The van der Waals surface area contributed by atoms with Crippen molar-refractivity contribution in [3.63, 3.8) is 0 Å². The van der Waals surface area contributed by atoms with E-state index >= 15 is 0 Å². The van der Waals surface area contributed by atoms with Gasteiger partial charge in [0.15, 0.2) is 0 Å². The van der Waals surface area contributed by atoms with Gasteiger partial charge < -0.3 is 5.32 Å². The number of rotatable bonds is 6. The molecule has 1 atom stereocenters. The van der Waals surface area contributed by atoms with E-state index in [2.05, 4.69) is 5.32 Å². The van der Waals surface area contributed by atoms with Gasteiger partial charge in [0.05, 0.1) is 12.3 Å². The third-order valence-electron chi connectivity index (χ3n) is 5.17. The summed E-state index contributed by atoms with van der Waals surface area (Å²) in [6.07, 6.45) is 0. The Morgan fingerprint density at radius 2 is 1.77 bits per heavy atom. The van der Waals surface area contributed by atoms with Crippen molar-refractivity contribution in [2.75, 3.05) is 23.7 Å². The highest BCUT2D eigenvalue weighted by atomic mass is 32.2. The van der Waals surface area contributed by atoms with Gasteiger partial charge in [0.2, 0.25) is 21.8 Å². The zero-order valence-corrected chi connectivity index (χ0v) is 17.7. The first-order valence-corrected chi connectivity index (χ1v) is 11.2. The molecule has 2 aromatic carbocycles. The molecule has 0 spiro atoms. The van der Waals surface area contributed by atoms with Crippen molar-refractivity contribution in [3.8, 4) is 0 Å². The summed E-state index contributed by atoms with van der Waals surface area (Å²) >= 11 is 0. The predicted octanol–water partition coefficient (Wildman–Crippen LogP) is 1.90. The van der Waals surface area contributed by atoms with Gasteiger partial charge in [-0.1, -0.05) is 30.3 Å². The number of nitrogens with zero attached hydrogens (tertiary/aromatic N) is 2. The van der Waals surface area contributed by atoms with Crippen molar-refractivity contribution in [2.45, 2.75) is 25.9 Å². The van der Waals surface area contributed by atoms with Crippen LogP contribution in [0.2, 0.25) is 0 Å². The van der Waals surface area contributed by atoms with Crippen LogP contribution in [0, 0.1) is 5.82 Å². The number of hydrogen-bond acceptors (Lipinski definition) is 4. The molecule has 3 rings (SSSR count). The molecule has 1 N–H and O–H groups in total. The van der Waals surface area contributed by atoms with E-state index in [0.29, 0.717) is 5.69 Å². The summed E-state index contributed by atoms with van der Waals surface area (Å²) in [6, 6.07) is 14.4. The van der Waals surface area contributed by atoms with E-state index in [0.717, 1.165) is 9.87 Å². The second-order valence-corrected chi connectivity index (χ2v) is 9.57. The number of piperazine rings is 1. The van der Waals surface area contributed by atoms with E-state index in [9.17, 15) is 22.4 Å². The normalized spacial score (nSPS) is 20.2. The van der Waals surface area contributed by atoms with E-state index in [1.165, 1.54) is 43.0 Å². The highest BCUT2D eigenvalue weighted by molar-refractivity contribution is 7.89. The summed E-state index contributed by atoms with van der Waals surface area (Å²) in [6.45, 7) is 2.65. The second kappa shape index (κ2) is 8.53. The third kappa shape index (κ3) is 4.36. The minimum atomic E-state index is -3.69. The Hall–Kier alpha value is -2.78. The molecule has 2 amide bonds. The fourth-order valence-corrected chi connectivity index (χ4v) is 4.63. The number of amides is 2. The molecule has 9 heteroatoms. The Labute approximate surface area is 175 Å². The Balaban J connectivity index is 1.96. The maximum Gasteiger partial charge on any atom is 0.247 e. The summed E-state index contributed by atoms with van der Waals surface area (Å²) in [4.78, 5) is 27.5. The number of carbonyl (C=O) groups is 2. The fourth-order valence-electron chi connectivity index (χ4n) is 3.51. The monoisotopic (exact) mass is 433 g/mol. The molecule has 1 heterocycles. The smallest absolute Gasteiger partial charge is 0.247 e. The maximum atomic E-state index is 13.4. The van der Waals surface area contributed by atoms with Crippen LogP contribution in [-0.2, 0) is 26.2 Å². The van der Waals surface area contributed by atoms with Crippen LogP contribution >= 0.6 is 0 Å². The summed E-state index contributed by atoms with van der Waals surface area (Å²) in [5, 5.41) is 2.80. The molecule has 0 aliphatic carbocycles. The quantitative estimate of drug-likeness (QED) is 0.754. The summed E-state index contributed by atoms with van der Waals surface area (Å²) in [5.74, 6) is -1.71. The Kier molecular flexibility index (Phi) is 6.23. The van der Waals surface area contributed by atoms with Gasteiger partial charge in [0.1, 0.15) is 11.4 Å². The van der Waals surface area contributed by atoms with Gasteiger partial charge in [0.25, 0.3) is 0 Å². The fraction of sp³-hybridized carbons (Fsp3) is 0.333. The number of sulfonamides is 1. The molecule has 0 saturated carbocycles. The molecular formula is C21H24FN3O4S. The van der Waals surface area contributed by atoms with Crippen LogP contribution in [0.25, 0.3) is 0 Å². The molecular weight excluding hydrogens is 409 g/mol. The molecule has 0 aromatic heterocycles. The minimum absolute atomic E-state index is 0.182. The number of hydrogen-bond donors (Lipinski definition) is 1. The second-order valence-electron chi connectivity index (χ2n) is 7.32. The topological polar surface area (TPSA) is 86.8 Å². The van der Waals surface area contributed by atoms with Crippen LogP contribution < -0.4 is 10.2 Å². The highest BCUT2D eigenvalue weighted by Gasteiger charge is 2.50. The van der Waals surface area contributed by atoms with Gasteiger partial charge in [-0.2, -0.15) is 4.31 Å². The van der Waals surface area contributed by atoms with Crippen molar-refractivity contribution in [3.05, 3.63) is 66.0 Å². The summed E-state index contributed by atoms with van der Waals surface area (Å²) < 4.78 is 39.3. The van der Waals surface area contributed by atoms with Crippen LogP contribution in [0.4, 0.5) is 10.1 Å². The van der Waals surface area contributed by atoms with Crippen LogP contribution in [-0.4, -0.2) is 48.9 Å². The van der Waals surface area contributed by atoms with Gasteiger partial charge in [-0.15, -0.1) is 0 Å². The van der Waals surface area contributed by atoms with Crippen molar-refractivity contribution >= 4 is 27.5 Å². The average molecular weight is 434 g/mol. The van der Waals surface area contributed by atoms with E-state index in [-0.39, 0.29) is 25.4 Å². The zero-order chi connectivity index (χ0) is 21.9. The van der Waals surface area contributed by atoms with Crippen molar-refractivity contribution in [1.29, 1.82) is 0 Å². The van der Waals surface area contributed by atoms with Gasteiger partial charge in [-0.05, 0) is 43.7 Å². The molecule has 2 aromatic rings. The van der Waals surface area contributed by atoms with Crippen LogP contribution in [0.3, 0.4) is 0 Å². The first-order valence-electron chi connectivity index (χ1n) is 9.56. The lowest BCUT2D eigenvalue weighted by atomic mass is 9.94. The van der Waals surface area contributed by atoms with E-state index in [1.807, 2.05) is 30.3 Å². The number of carbonyl (C=O) groups excluding carboxylic acids is 2. The molecule has 1 fully saturated rings. The van der Waals surface area contributed by atoms with Crippen molar-refractivity contribution in [1.82, 2.24) is 9.62 Å². The number of anilines is 1. The first kappa shape index (κ1) is 21.9. The standard InChI is InChI=1S/C21H24FN3O4S/c1-3-30(28,29)24-14-19(26)25(18-11-9-17(22)10-12-18)21(2,15-24)20(27)23-13-16-7-5-4-6-8-16/h4-12H,3,13-15H2,1-2H3,(H,23,27). The third-order valence-corrected chi connectivity index (χ3v) is 6.94. The molecule has 1 aliphatic heterocycles. The lowest BCUT2D eigenvalue weighted by Crippen LogP contribution is -2.70. The predicted molar refractivity (Wildman–Crippen MR) is 112 cm³/mol. The van der Waals surface area contributed by atoms with E-state index in [1.54, 1.807) is 0 Å². The van der Waals surface area contributed by atoms with Gasteiger partial charge in [-0.3, -0.25) is 14.5 Å². The summed E-state index contributed by atoms with van der Waals surface area (Å²) in [5.41, 5.74) is -0.320. The molecule has 160 valence electrons. The van der Waals surface area contributed by atoms with Crippen LogP contribution in [0.15, 0.2) is 54.6 Å². The minimum Gasteiger partial charge on any atom is -0.350 e. The molecule has 0 bridgehead atoms. The average Bonchev–Trinajstić information content (AvgIpc) is 2.73.